The Morgan fingerprint density at radius 3 is 2.07 bits per heavy atom. The van der Waals surface area contributed by atoms with Crippen molar-refractivity contribution in [2.75, 3.05) is 18.3 Å². The van der Waals surface area contributed by atoms with Crippen molar-refractivity contribution in [3.05, 3.63) is 101 Å². The molecule has 0 radical (unpaired) electrons. The fraction of sp³-hybridized carbons (Fsp3) is 0.269. The number of morpholine rings is 1. The molecule has 0 N–H and O–H groups in total. The smallest absolute Gasteiger partial charge is 0.153 e. The summed E-state index contributed by atoms with van der Waals surface area (Å²) in [5.74, 6) is 0.996. The van der Waals surface area contributed by atoms with Gasteiger partial charge in [0.15, 0.2) is 5.84 Å². The largest absolute Gasteiger partial charge is 0.363 e. The average molecular weight is 398 g/mol. The highest BCUT2D eigenvalue weighted by Crippen LogP contribution is 2.43. The predicted molar refractivity (Wildman–Crippen MR) is 122 cm³/mol. The van der Waals surface area contributed by atoms with Gasteiger partial charge < -0.3 is 9.64 Å². The van der Waals surface area contributed by atoms with Crippen molar-refractivity contribution in [1.29, 1.82) is 0 Å². The van der Waals surface area contributed by atoms with E-state index in [-0.39, 0.29) is 12.1 Å². The van der Waals surface area contributed by atoms with Gasteiger partial charge in [0, 0.05) is 0 Å². The van der Waals surface area contributed by atoms with Gasteiger partial charge in [-0.25, -0.2) is 5.01 Å². The summed E-state index contributed by atoms with van der Waals surface area (Å²) in [4.78, 5) is 2.41. The minimum absolute atomic E-state index is 0.0345. The number of fused-ring (bicyclic) bond motifs is 1. The number of benzene rings is 3. The summed E-state index contributed by atoms with van der Waals surface area (Å²) < 4.78 is 6.41. The topological polar surface area (TPSA) is 28.1 Å². The first-order chi connectivity index (χ1) is 14.6. The zero-order chi connectivity index (χ0) is 20.7. The highest BCUT2D eigenvalue weighted by molar-refractivity contribution is 5.88. The third kappa shape index (κ3) is 3.27. The molecule has 4 nitrogen and oxygen atoms in total. The number of hydrazone groups is 1. The van der Waals surface area contributed by atoms with Crippen molar-refractivity contribution in [1.82, 2.24) is 4.90 Å². The van der Waals surface area contributed by atoms with Crippen molar-refractivity contribution in [3.63, 3.8) is 0 Å². The van der Waals surface area contributed by atoms with E-state index in [1.807, 2.05) is 0 Å². The Balaban J connectivity index is 1.54. The molecule has 1 fully saturated rings. The van der Waals surface area contributed by atoms with Crippen LogP contribution in [0, 0.1) is 20.8 Å². The molecular formula is C26H27N3O. The van der Waals surface area contributed by atoms with Crippen LogP contribution in [0.15, 0.2) is 77.9 Å². The second kappa shape index (κ2) is 7.62. The van der Waals surface area contributed by atoms with E-state index >= 15 is 0 Å². The van der Waals surface area contributed by atoms with Crippen LogP contribution in [0.2, 0.25) is 0 Å². The Morgan fingerprint density at radius 1 is 0.833 bits per heavy atom. The zero-order valence-electron chi connectivity index (χ0n) is 17.7. The van der Waals surface area contributed by atoms with E-state index in [0.29, 0.717) is 6.61 Å². The summed E-state index contributed by atoms with van der Waals surface area (Å²) in [6.45, 7) is 7.73. The van der Waals surface area contributed by atoms with E-state index in [1.165, 1.54) is 33.5 Å². The molecule has 0 saturated carbocycles. The second-order valence-corrected chi connectivity index (χ2v) is 8.27. The lowest BCUT2D eigenvalue weighted by Crippen LogP contribution is -2.44. The minimum atomic E-state index is -0.0345. The number of hydrogen-bond acceptors (Lipinski definition) is 4. The maximum Gasteiger partial charge on any atom is 0.153 e. The summed E-state index contributed by atoms with van der Waals surface area (Å²) in [5, 5.41) is 7.13. The molecule has 2 aliphatic heterocycles. The standard InChI is InChI=1S/C26H27N3O/c1-18-14-19(2)24(20(3)15-18)29-17-28-23(27-29)16-30-26(22-12-8-5-9-13-22)25(28)21-10-6-4-7-11-21/h4-15,25-26H,16-17H2,1-3H3/t25-,26+/m1/s1. The van der Waals surface area contributed by atoms with Crippen molar-refractivity contribution in [2.24, 2.45) is 5.10 Å². The van der Waals surface area contributed by atoms with Gasteiger partial charge >= 0.3 is 0 Å². The Bertz CT molecular complexity index is 1050. The molecule has 2 heterocycles. The molecule has 5 rings (SSSR count). The SMILES string of the molecule is Cc1cc(C)c(N2CN3C(=N2)CO[C@@H](c2ccccc2)[C@H]3c2ccccc2)c(C)c1. The summed E-state index contributed by atoms with van der Waals surface area (Å²) >= 11 is 0. The van der Waals surface area contributed by atoms with Gasteiger partial charge in [0.2, 0.25) is 0 Å². The van der Waals surface area contributed by atoms with Gasteiger partial charge in [-0.05, 0) is 43.0 Å². The summed E-state index contributed by atoms with van der Waals surface area (Å²) in [7, 11) is 0. The van der Waals surface area contributed by atoms with E-state index in [0.717, 1.165) is 12.5 Å². The van der Waals surface area contributed by atoms with Crippen LogP contribution in [-0.2, 0) is 4.74 Å². The van der Waals surface area contributed by atoms with Gasteiger partial charge in [0.05, 0.1) is 11.7 Å². The Hall–Kier alpha value is -3.11. The van der Waals surface area contributed by atoms with Crippen LogP contribution in [0.3, 0.4) is 0 Å². The molecule has 2 aliphatic rings. The summed E-state index contributed by atoms with van der Waals surface area (Å²) in [5.41, 5.74) is 7.45. The predicted octanol–water partition coefficient (Wildman–Crippen LogP) is 5.52. The third-order valence-corrected chi connectivity index (χ3v) is 6.03. The van der Waals surface area contributed by atoms with Crippen LogP contribution in [-0.4, -0.2) is 24.0 Å². The van der Waals surface area contributed by atoms with Crippen molar-refractivity contribution < 1.29 is 4.74 Å². The first kappa shape index (κ1) is 18.9. The molecule has 0 spiro atoms. The molecule has 4 heteroatoms. The van der Waals surface area contributed by atoms with Crippen molar-refractivity contribution in [3.8, 4) is 0 Å². The lowest BCUT2D eigenvalue weighted by atomic mass is 9.93. The summed E-state index contributed by atoms with van der Waals surface area (Å²) in [6, 6.07) is 25.7. The van der Waals surface area contributed by atoms with Gasteiger partial charge in [-0.2, -0.15) is 5.10 Å². The second-order valence-electron chi connectivity index (χ2n) is 8.27. The molecule has 0 aromatic heterocycles. The number of hydrogen-bond donors (Lipinski definition) is 0. The number of nitrogens with zero attached hydrogens (tertiary/aromatic N) is 3. The van der Waals surface area contributed by atoms with E-state index in [9.17, 15) is 0 Å². The summed E-state index contributed by atoms with van der Waals surface area (Å²) in [6.07, 6.45) is -0.0345. The lowest BCUT2D eigenvalue weighted by molar-refractivity contribution is -0.00733. The average Bonchev–Trinajstić information content (AvgIpc) is 3.17. The monoisotopic (exact) mass is 397 g/mol. The Morgan fingerprint density at radius 2 is 1.43 bits per heavy atom. The van der Waals surface area contributed by atoms with E-state index in [2.05, 4.69) is 103 Å². The van der Waals surface area contributed by atoms with Crippen LogP contribution in [0.5, 0.6) is 0 Å². The highest BCUT2D eigenvalue weighted by Gasteiger charge is 2.41. The van der Waals surface area contributed by atoms with Gasteiger partial charge in [0.1, 0.15) is 19.4 Å². The van der Waals surface area contributed by atoms with E-state index in [1.54, 1.807) is 0 Å². The van der Waals surface area contributed by atoms with E-state index < -0.39 is 0 Å². The van der Waals surface area contributed by atoms with Crippen molar-refractivity contribution >= 4 is 11.5 Å². The molecule has 3 aromatic rings. The Kier molecular flexibility index (Phi) is 4.80. The van der Waals surface area contributed by atoms with Crippen molar-refractivity contribution in [2.45, 2.75) is 32.9 Å². The quantitative estimate of drug-likeness (QED) is 0.583. The molecule has 2 atom stereocenters. The zero-order valence-corrected chi connectivity index (χ0v) is 17.7. The van der Waals surface area contributed by atoms with Gasteiger partial charge in [-0.3, -0.25) is 0 Å². The third-order valence-electron chi connectivity index (χ3n) is 6.03. The van der Waals surface area contributed by atoms with Crippen LogP contribution in [0.4, 0.5) is 5.69 Å². The fourth-order valence-corrected chi connectivity index (χ4v) is 4.86. The Labute approximate surface area is 178 Å². The molecular weight excluding hydrogens is 370 g/mol. The van der Waals surface area contributed by atoms with Crippen LogP contribution in [0.25, 0.3) is 0 Å². The minimum Gasteiger partial charge on any atom is -0.363 e. The van der Waals surface area contributed by atoms with Crippen LogP contribution >= 0.6 is 0 Å². The maximum atomic E-state index is 6.41. The number of ether oxygens (including phenoxy) is 1. The molecule has 0 bridgehead atoms. The molecule has 0 aliphatic carbocycles. The number of anilines is 1. The fourth-order valence-electron chi connectivity index (χ4n) is 4.86. The molecule has 1 saturated heterocycles. The first-order valence-electron chi connectivity index (χ1n) is 10.5. The number of aryl methyl sites for hydroxylation is 3. The van der Waals surface area contributed by atoms with E-state index in [4.69, 9.17) is 9.84 Å². The maximum absolute atomic E-state index is 6.41. The lowest BCUT2D eigenvalue weighted by Gasteiger charge is -2.40. The van der Waals surface area contributed by atoms with Gasteiger partial charge in [0.25, 0.3) is 0 Å². The molecule has 0 amide bonds. The van der Waals surface area contributed by atoms with Gasteiger partial charge in [-0.1, -0.05) is 78.4 Å². The number of amidine groups is 1. The van der Waals surface area contributed by atoms with Crippen LogP contribution in [0.1, 0.15) is 40.0 Å². The highest BCUT2D eigenvalue weighted by atomic mass is 16.5. The number of rotatable bonds is 3. The molecule has 152 valence electrons. The molecule has 0 unspecified atom stereocenters. The normalized spacial score (nSPS) is 20.8. The molecule has 30 heavy (non-hydrogen) atoms. The molecule has 3 aromatic carbocycles. The first-order valence-corrected chi connectivity index (χ1v) is 10.5. The van der Waals surface area contributed by atoms with Crippen LogP contribution < -0.4 is 5.01 Å². The van der Waals surface area contributed by atoms with Gasteiger partial charge in [-0.15, -0.1) is 0 Å².